The van der Waals surface area contributed by atoms with Crippen LogP contribution in [-0.2, 0) is 6.42 Å². The van der Waals surface area contributed by atoms with Gasteiger partial charge in [0.15, 0.2) is 0 Å². The number of thiazole rings is 1. The van der Waals surface area contributed by atoms with E-state index in [2.05, 4.69) is 24.5 Å². The van der Waals surface area contributed by atoms with Gasteiger partial charge in [-0.25, -0.2) is 4.98 Å². The molecule has 0 aliphatic rings. The minimum atomic E-state index is 1.06. The highest BCUT2D eigenvalue weighted by Gasteiger charge is 2.01. The fraction of sp³-hybridized carbons (Fsp3) is 0.571. The van der Waals surface area contributed by atoms with Crippen LogP contribution in [0.3, 0.4) is 0 Å². The SMILES string of the molecule is CCCc1nc(C)c(S)s1. The standard InChI is InChI=1S/C7H11NS2/c1-3-4-6-8-5(2)7(9)10-6/h9H,3-4H2,1-2H3. The molecule has 0 radical (unpaired) electrons. The summed E-state index contributed by atoms with van der Waals surface area (Å²) in [7, 11) is 0. The number of aryl methyl sites for hydroxylation is 2. The number of aromatic nitrogens is 1. The van der Waals surface area contributed by atoms with E-state index < -0.39 is 0 Å². The lowest BCUT2D eigenvalue weighted by Gasteiger charge is -1.85. The quantitative estimate of drug-likeness (QED) is 0.678. The topological polar surface area (TPSA) is 12.9 Å². The highest BCUT2D eigenvalue weighted by Crippen LogP contribution is 2.22. The normalized spacial score (nSPS) is 10.3. The van der Waals surface area contributed by atoms with Crippen LogP contribution in [-0.4, -0.2) is 4.98 Å². The second-order valence-corrected chi connectivity index (χ2v) is 4.08. The number of hydrogen-bond donors (Lipinski definition) is 1. The van der Waals surface area contributed by atoms with E-state index in [1.165, 1.54) is 11.4 Å². The molecule has 3 heteroatoms. The highest BCUT2D eigenvalue weighted by atomic mass is 32.2. The Balaban J connectivity index is 2.77. The predicted octanol–water partition coefficient (Wildman–Crippen LogP) is 2.69. The van der Waals surface area contributed by atoms with Crippen LogP contribution in [0, 0.1) is 6.92 Å². The second kappa shape index (κ2) is 3.39. The third kappa shape index (κ3) is 1.73. The van der Waals surface area contributed by atoms with E-state index in [0.717, 1.165) is 16.3 Å². The molecule has 0 fully saturated rings. The van der Waals surface area contributed by atoms with Crippen molar-refractivity contribution in [2.24, 2.45) is 0 Å². The average Bonchev–Trinajstić information content (AvgIpc) is 2.14. The number of thiol groups is 1. The van der Waals surface area contributed by atoms with E-state index in [9.17, 15) is 0 Å². The highest BCUT2D eigenvalue weighted by molar-refractivity contribution is 7.82. The van der Waals surface area contributed by atoms with Crippen molar-refractivity contribution in [2.75, 3.05) is 0 Å². The van der Waals surface area contributed by atoms with Crippen LogP contribution >= 0.6 is 24.0 Å². The van der Waals surface area contributed by atoms with Gasteiger partial charge in [-0.3, -0.25) is 0 Å². The molecule has 56 valence electrons. The lowest BCUT2D eigenvalue weighted by molar-refractivity contribution is 0.902. The van der Waals surface area contributed by atoms with Crippen LogP contribution in [0.1, 0.15) is 24.0 Å². The van der Waals surface area contributed by atoms with Gasteiger partial charge in [0, 0.05) is 0 Å². The lowest BCUT2D eigenvalue weighted by atomic mass is 10.3. The number of rotatable bonds is 2. The van der Waals surface area contributed by atoms with E-state index in [1.807, 2.05) is 6.92 Å². The summed E-state index contributed by atoms with van der Waals surface area (Å²) in [5.74, 6) is 0. The molecular formula is C7H11NS2. The molecule has 1 aromatic heterocycles. The Labute approximate surface area is 70.9 Å². The monoisotopic (exact) mass is 173 g/mol. The van der Waals surface area contributed by atoms with Gasteiger partial charge in [-0.2, -0.15) is 0 Å². The third-order valence-corrected chi connectivity index (χ3v) is 2.90. The Morgan fingerprint density at radius 2 is 2.30 bits per heavy atom. The van der Waals surface area contributed by atoms with Gasteiger partial charge in [0.25, 0.3) is 0 Å². The number of hydrogen-bond acceptors (Lipinski definition) is 3. The van der Waals surface area contributed by atoms with Crippen molar-refractivity contribution < 1.29 is 0 Å². The maximum Gasteiger partial charge on any atom is 0.0939 e. The first-order chi connectivity index (χ1) is 4.74. The van der Waals surface area contributed by atoms with Gasteiger partial charge in [-0.1, -0.05) is 6.92 Å². The van der Waals surface area contributed by atoms with Crippen molar-refractivity contribution in [1.29, 1.82) is 0 Å². The molecule has 1 rings (SSSR count). The minimum Gasteiger partial charge on any atom is -0.245 e. The third-order valence-electron chi connectivity index (χ3n) is 1.28. The Morgan fingerprint density at radius 1 is 1.60 bits per heavy atom. The van der Waals surface area contributed by atoms with E-state index in [-0.39, 0.29) is 0 Å². The molecule has 0 aliphatic heterocycles. The molecule has 0 saturated carbocycles. The Kier molecular flexibility index (Phi) is 2.74. The van der Waals surface area contributed by atoms with Gasteiger partial charge in [0.1, 0.15) is 0 Å². The summed E-state index contributed by atoms with van der Waals surface area (Å²) in [6.07, 6.45) is 2.26. The minimum absolute atomic E-state index is 1.06. The largest absolute Gasteiger partial charge is 0.245 e. The molecule has 0 amide bonds. The van der Waals surface area contributed by atoms with Crippen molar-refractivity contribution in [2.45, 2.75) is 30.9 Å². The zero-order valence-corrected chi connectivity index (χ0v) is 7.93. The van der Waals surface area contributed by atoms with E-state index in [0.29, 0.717) is 0 Å². The first-order valence-electron chi connectivity index (χ1n) is 3.39. The van der Waals surface area contributed by atoms with Crippen LogP contribution in [0.4, 0.5) is 0 Å². The van der Waals surface area contributed by atoms with E-state index >= 15 is 0 Å². The van der Waals surface area contributed by atoms with Gasteiger partial charge < -0.3 is 0 Å². The van der Waals surface area contributed by atoms with Gasteiger partial charge in [-0.05, 0) is 19.8 Å². The zero-order valence-electron chi connectivity index (χ0n) is 6.22. The summed E-state index contributed by atoms with van der Waals surface area (Å²) < 4.78 is 1.06. The first-order valence-corrected chi connectivity index (χ1v) is 4.65. The summed E-state index contributed by atoms with van der Waals surface area (Å²) >= 11 is 5.96. The molecule has 0 saturated heterocycles. The van der Waals surface area contributed by atoms with Crippen LogP contribution in [0.25, 0.3) is 0 Å². The summed E-state index contributed by atoms with van der Waals surface area (Å²) in [6, 6.07) is 0. The van der Waals surface area contributed by atoms with Crippen molar-refractivity contribution >= 4 is 24.0 Å². The van der Waals surface area contributed by atoms with Gasteiger partial charge in [0.2, 0.25) is 0 Å². The van der Waals surface area contributed by atoms with E-state index in [4.69, 9.17) is 0 Å². The smallest absolute Gasteiger partial charge is 0.0939 e. The average molecular weight is 173 g/mol. The second-order valence-electron chi connectivity index (χ2n) is 2.25. The molecule has 1 aromatic rings. The van der Waals surface area contributed by atoms with Crippen molar-refractivity contribution in [3.05, 3.63) is 10.7 Å². The summed E-state index contributed by atoms with van der Waals surface area (Å²) in [5, 5.41) is 1.21. The predicted molar refractivity (Wildman–Crippen MR) is 48.1 cm³/mol. The first kappa shape index (κ1) is 8.08. The summed E-state index contributed by atoms with van der Waals surface area (Å²) in [5.41, 5.74) is 1.07. The molecule has 0 bridgehead atoms. The molecule has 0 aromatic carbocycles. The van der Waals surface area contributed by atoms with E-state index in [1.54, 1.807) is 11.3 Å². The van der Waals surface area contributed by atoms with Crippen LogP contribution in [0.5, 0.6) is 0 Å². The number of nitrogens with zero attached hydrogens (tertiary/aromatic N) is 1. The summed E-state index contributed by atoms with van der Waals surface area (Å²) in [6.45, 7) is 4.16. The molecule has 0 atom stereocenters. The van der Waals surface area contributed by atoms with Gasteiger partial charge in [-0.15, -0.1) is 24.0 Å². The Hall–Kier alpha value is -0.0200. The fourth-order valence-corrected chi connectivity index (χ4v) is 2.04. The van der Waals surface area contributed by atoms with Crippen molar-refractivity contribution in [3.63, 3.8) is 0 Å². The zero-order chi connectivity index (χ0) is 7.56. The molecule has 0 aliphatic carbocycles. The molecule has 1 nitrogen and oxygen atoms in total. The molecule has 0 unspecified atom stereocenters. The molecule has 10 heavy (non-hydrogen) atoms. The maximum atomic E-state index is 4.34. The molecule has 0 spiro atoms. The van der Waals surface area contributed by atoms with Crippen LogP contribution in [0.15, 0.2) is 4.21 Å². The molecular weight excluding hydrogens is 162 g/mol. The lowest BCUT2D eigenvalue weighted by Crippen LogP contribution is -1.79. The van der Waals surface area contributed by atoms with Gasteiger partial charge >= 0.3 is 0 Å². The van der Waals surface area contributed by atoms with Crippen molar-refractivity contribution in [1.82, 2.24) is 4.98 Å². The van der Waals surface area contributed by atoms with Crippen molar-refractivity contribution in [3.8, 4) is 0 Å². The Bertz CT molecular complexity index is 198. The van der Waals surface area contributed by atoms with Gasteiger partial charge in [0.05, 0.1) is 14.9 Å². The fourth-order valence-electron chi connectivity index (χ4n) is 0.764. The molecule has 1 heterocycles. The van der Waals surface area contributed by atoms with Crippen LogP contribution in [0.2, 0.25) is 0 Å². The summed E-state index contributed by atoms with van der Waals surface area (Å²) in [4.78, 5) is 4.34. The Morgan fingerprint density at radius 3 is 2.70 bits per heavy atom. The van der Waals surface area contributed by atoms with Crippen LogP contribution < -0.4 is 0 Å². The molecule has 0 N–H and O–H groups in total. The maximum absolute atomic E-state index is 4.34.